The molecular weight excluding hydrogens is 156 g/mol. The Hall–Kier alpha value is -0.570. The fourth-order valence-electron chi connectivity index (χ4n) is 0.506. The second kappa shape index (κ2) is 4.45. The maximum Gasteiger partial charge on any atom is 0.311 e. The highest BCUT2D eigenvalue weighted by Crippen LogP contribution is 2.15. The summed E-state index contributed by atoms with van der Waals surface area (Å²) in [7, 11) is 0. The average Bonchev–Trinajstić information content (AvgIpc) is 1.97. The zero-order valence-corrected chi connectivity index (χ0v) is 8.26. The number of ether oxygens (including phenoxy) is 1. The van der Waals surface area contributed by atoms with Gasteiger partial charge in [-0.2, -0.15) is 0 Å². The van der Waals surface area contributed by atoms with Crippen molar-refractivity contribution in [3.05, 3.63) is 0 Å². The Morgan fingerprint density at radius 1 is 1.50 bits per heavy atom. The van der Waals surface area contributed by atoms with Gasteiger partial charge < -0.3 is 9.84 Å². The number of carbonyl (C=O) groups excluding carboxylic acids is 1. The highest BCUT2D eigenvalue weighted by Gasteiger charge is 2.23. The van der Waals surface area contributed by atoms with Crippen LogP contribution in [0.4, 0.5) is 0 Å². The van der Waals surface area contributed by atoms with Gasteiger partial charge in [-0.25, -0.2) is 0 Å². The third-order valence-corrected chi connectivity index (χ3v) is 1.49. The van der Waals surface area contributed by atoms with Crippen LogP contribution < -0.4 is 0 Å². The summed E-state index contributed by atoms with van der Waals surface area (Å²) in [6, 6.07) is 0. The lowest BCUT2D eigenvalue weighted by atomic mass is 9.97. The fourth-order valence-corrected chi connectivity index (χ4v) is 0.506. The molecular formula is C9H18O3. The number of hydrogen-bond donors (Lipinski definition) is 1. The number of hydrogen-bond acceptors (Lipinski definition) is 3. The zero-order valence-electron chi connectivity index (χ0n) is 8.26. The number of carbonyl (C=O) groups is 1. The Balaban J connectivity index is 3.73. The van der Waals surface area contributed by atoms with Gasteiger partial charge in [0.1, 0.15) is 6.61 Å². The molecule has 3 heteroatoms. The Morgan fingerprint density at radius 2 is 2.00 bits per heavy atom. The largest absolute Gasteiger partial charge is 0.463 e. The molecule has 0 aliphatic rings. The number of aliphatic hydroxyl groups excluding tert-OH is 1. The van der Waals surface area contributed by atoms with Gasteiger partial charge in [0.2, 0.25) is 0 Å². The summed E-state index contributed by atoms with van der Waals surface area (Å²) in [5.74, 6) is -0.269. The summed E-state index contributed by atoms with van der Waals surface area (Å²) >= 11 is 0. The molecule has 3 nitrogen and oxygen atoms in total. The normalized spacial score (nSPS) is 14.1. The molecule has 0 saturated carbocycles. The lowest BCUT2D eigenvalue weighted by Crippen LogP contribution is -2.26. The second-order valence-corrected chi connectivity index (χ2v) is 3.91. The molecule has 0 radical (unpaired) electrons. The van der Waals surface area contributed by atoms with E-state index in [4.69, 9.17) is 9.84 Å². The van der Waals surface area contributed by atoms with Crippen molar-refractivity contribution in [1.29, 1.82) is 0 Å². The third-order valence-electron chi connectivity index (χ3n) is 1.49. The summed E-state index contributed by atoms with van der Waals surface area (Å²) < 4.78 is 4.87. The molecule has 0 unspecified atom stereocenters. The first kappa shape index (κ1) is 11.4. The SMILES string of the molecule is CC[C@@H](O)COC(=O)C(C)(C)C. The molecule has 0 heterocycles. The van der Waals surface area contributed by atoms with Gasteiger partial charge >= 0.3 is 5.97 Å². The topological polar surface area (TPSA) is 46.5 Å². The molecule has 72 valence electrons. The van der Waals surface area contributed by atoms with E-state index >= 15 is 0 Å². The molecule has 12 heavy (non-hydrogen) atoms. The van der Waals surface area contributed by atoms with Crippen molar-refractivity contribution < 1.29 is 14.6 Å². The van der Waals surface area contributed by atoms with E-state index in [0.29, 0.717) is 6.42 Å². The summed E-state index contributed by atoms with van der Waals surface area (Å²) in [6.45, 7) is 7.30. The minimum atomic E-state index is -0.531. The van der Waals surface area contributed by atoms with E-state index in [9.17, 15) is 4.79 Å². The quantitative estimate of drug-likeness (QED) is 0.657. The molecule has 0 aromatic carbocycles. The minimum Gasteiger partial charge on any atom is -0.463 e. The lowest BCUT2D eigenvalue weighted by molar-refractivity contribution is -0.155. The Labute approximate surface area is 73.7 Å². The predicted octanol–water partition coefficient (Wildman–Crippen LogP) is 1.35. The Morgan fingerprint density at radius 3 is 2.33 bits per heavy atom. The van der Waals surface area contributed by atoms with E-state index in [1.807, 2.05) is 6.92 Å². The molecule has 0 aliphatic carbocycles. The molecule has 0 aliphatic heterocycles. The first-order chi connectivity index (χ1) is 5.38. The molecule has 0 rings (SSSR count). The molecule has 1 N–H and O–H groups in total. The standard InChI is InChI=1S/C9H18O3/c1-5-7(10)6-12-8(11)9(2,3)4/h7,10H,5-6H2,1-4H3/t7-/m1/s1. The highest BCUT2D eigenvalue weighted by molar-refractivity contribution is 5.75. The second-order valence-electron chi connectivity index (χ2n) is 3.91. The maximum absolute atomic E-state index is 11.2. The van der Waals surface area contributed by atoms with Crippen LogP contribution >= 0.6 is 0 Å². The van der Waals surface area contributed by atoms with Gasteiger partial charge in [0.05, 0.1) is 11.5 Å². The van der Waals surface area contributed by atoms with Crippen LogP contribution in [-0.2, 0) is 9.53 Å². The van der Waals surface area contributed by atoms with E-state index in [0.717, 1.165) is 0 Å². The third kappa shape index (κ3) is 4.34. The first-order valence-corrected chi connectivity index (χ1v) is 4.23. The fraction of sp³-hybridized carbons (Fsp3) is 0.889. The summed E-state index contributed by atoms with van der Waals surface area (Å²) in [6.07, 6.45) is 0.0774. The maximum atomic E-state index is 11.2. The Kier molecular flexibility index (Phi) is 4.24. The van der Waals surface area contributed by atoms with Gasteiger partial charge in [0.25, 0.3) is 0 Å². The lowest BCUT2D eigenvalue weighted by Gasteiger charge is -2.17. The van der Waals surface area contributed by atoms with Crippen LogP contribution in [-0.4, -0.2) is 23.8 Å². The van der Waals surface area contributed by atoms with Crippen LogP contribution in [0, 0.1) is 5.41 Å². The van der Waals surface area contributed by atoms with Crippen molar-refractivity contribution in [3.63, 3.8) is 0 Å². The van der Waals surface area contributed by atoms with Crippen molar-refractivity contribution in [2.75, 3.05) is 6.61 Å². The molecule has 0 aromatic rings. The van der Waals surface area contributed by atoms with Crippen LogP contribution in [0.2, 0.25) is 0 Å². The van der Waals surface area contributed by atoms with Gasteiger partial charge in [-0.15, -0.1) is 0 Å². The van der Waals surface area contributed by atoms with Crippen molar-refractivity contribution in [2.45, 2.75) is 40.2 Å². The molecule has 0 bridgehead atoms. The molecule has 0 aromatic heterocycles. The summed E-state index contributed by atoms with van der Waals surface area (Å²) in [4.78, 5) is 11.2. The number of rotatable bonds is 3. The molecule has 0 fully saturated rings. The molecule has 0 amide bonds. The van der Waals surface area contributed by atoms with E-state index in [1.54, 1.807) is 20.8 Å². The van der Waals surface area contributed by atoms with Gasteiger partial charge in [-0.3, -0.25) is 4.79 Å². The van der Waals surface area contributed by atoms with Crippen molar-refractivity contribution in [3.8, 4) is 0 Å². The predicted molar refractivity (Wildman–Crippen MR) is 46.7 cm³/mol. The summed E-state index contributed by atoms with van der Waals surface area (Å²) in [5.41, 5.74) is -0.479. The van der Waals surface area contributed by atoms with Crippen LogP contribution in [0.15, 0.2) is 0 Å². The number of aliphatic hydroxyl groups is 1. The van der Waals surface area contributed by atoms with Crippen LogP contribution in [0.25, 0.3) is 0 Å². The van der Waals surface area contributed by atoms with Gasteiger partial charge in [-0.05, 0) is 27.2 Å². The van der Waals surface area contributed by atoms with Crippen LogP contribution in [0.1, 0.15) is 34.1 Å². The number of esters is 1. The van der Waals surface area contributed by atoms with E-state index in [-0.39, 0.29) is 12.6 Å². The summed E-state index contributed by atoms with van der Waals surface area (Å²) in [5, 5.41) is 9.10. The van der Waals surface area contributed by atoms with Crippen molar-refractivity contribution >= 4 is 5.97 Å². The average molecular weight is 174 g/mol. The molecule has 1 atom stereocenters. The van der Waals surface area contributed by atoms with E-state index in [1.165, 1.54) is 0 Å². The van der Waals surface area contributed by atoms with Gasteiger partial charge in [0, 0.05) is 0 Å². The van der Waals surface area contributed by atoms with E-state index < -0.39 is 11.5 Å². The Bertz CT molecular complexity index is 146. The van der Waals surface area contributed by atoms with Crippen LogP contribution in [0.3, 0.4) is 0 Å². The van der Waals surface area contributed by atoms with Gasteiger partial charge in [-0.1, -0.05) is 6.92 Å². The molecule has 0 saturated heterocycles. The van der Waals surface area contributed by atoms with E-state index in [2.05, 4.69) is 0 Å². The highest BCUT2D eigenvalue weighted by atomic mass is 16.5. The van der Waals surface area contributed by atoms with Crippen molar-refractivity contribution in [2.24, 2.45) is 5.41 Å². The molecule has 0 spiro atoms. The monoisotopic (exact) mass is 174 g/mol. The van der Waals surface area contributed by atoms with Gasteiger partial charge in [0.15, 0.2) is 0 Å². The van der Waals surface area contributed by atoms with Crippen molar-refractivity contribution in [1.82, 2.24) is 0 Å². The minimum absolute atomic E-state index is 0.104. The smallest absolute Gasteiger partial charge is 0.311 e. The zero-order chi connectivity index (χ0) is 9.78. The first-order valence-electron chi connectivity index (χ1n) is 4.23. The van der Waals surface area contributed by atoms with Crippen LogP contribution in [0.5, 0.6) is 0 Å².